The Kier molecular flexibility index (Phi) is 2.71. The molecule has 0 unspecified atom stereocenters. The molecule has 2 aromatic rings. The molecule has 0 bridgehead atoms. The first-order valence-corrected chi connectivity index (χ1v) is 6.10. The topological polar surface area (TPSA) is 69.9 Å². The van der Waals surface area contributed by atoms with Crippen LogP contribution in [0.5, 0.6) is 23.0 Å². The molecule has 2 aromatic carbocycles. The molecular formula is C15H14O4. The smallest absolute Gasteiger partial charge is 0.129 e. The lowest BCUT2D eigenvalue weighted by Gasteiger charge is -2.26. The highest BCUT2D eigenvalue weighted by molar-refractivity contribution is 5.51. The van der Waals surface area contributed by atoms with Crippen molar-refractivity contribution in [3.63, 3.8) is 0 Å². The zero-order valence-electron chi connectivity index (χ0n) is 10.2. The molecule has 0 radical (unpaired) electrons. The van der Waals surface area contributed by atoms with E-state index < -0.39 is 0 Å². The van der Waals surface area contributed by atoms with Crippen LogP contribution in [0, 0.1) is 0 Å². The van der Waals surface area contributed by atoms with Crippen LogP contribution in [-0.4, -0.2) is 21.9 Å². The van der Waals surface area contributed by atoms with E-state index in [1.807, 2.05) is 12.1 Å². The average molecular weight is 258 g/mol. The highest BCUT2D eigenvalue weighted by Crippen LogP contribution is 2.40. The molecule has 0 spiro atoms. The van der Waals surface area contributed by atoms with Crippen molar-refractivity contribution in [1.82, 2.24) is 0 Å². The summed E-state index contributed by atoms with van der Waals surface area (Å²) in [6, 6.07) is 9.82. The lowest BCUT2D eigenvalue weighted by atomic mass is 9.90. The first-order chi connectivity index (χ1) is 9.13. The lowest BCUT2D eigenvalue weighted by molar-refractivity contribution is 0.257. The van der Waals surface area contributed by atoms with Gasteiger partial charge in [0.2, 0.25) is 0 Å². The maximum Gasteiger partial charge on any atom is 0.129 e. The van der Waals surface area contributed by atoms with Crippen LogP contribution in [0.15, 0.2) is 36.4 Å². The average Bonchev–Trinajstić information content (AvgIpc) is 2.39. The van der Waals surface area contributed by atoms with Crippen LogP contribution >= 0.6 is 0 Å². The SMILES string of the molecule is Oc1ccc([C@@H]2COc3cc(O)cc(O)c3C2)cc1. The molecule has 19 heavy (non-hydrogen) atoms. The molecule has 0 saturated heterocycles. The van der Waals surface area contributed by atoms with Gasteiger partial charge in [0.15, 0.2) is 0 Å². The standard InChI is InChI=1S/C15H14O4/c16-11-3-1-9(2-4-11)10-5-13-14(18)6-12(17)7-15(13)19-8-10/h1-4,6-7,10,16-18H,5,8H2/t10-/m0/s1. The third-order valence-electron chi connectivity index (χ3n) is 3.43. The van der Waals surface area contributed by atoms with E-state index in [4.69, 9.17) is 4.74 Å². The van der Waals surface area contributed by atoms with Gasteiger partial charge >= 0.3 is 0 Å². The lowest BCUT2D eigenvalue weighted by Crippen LogP contribution is -2.19. The van der Waals surface area contributed by atoms with Gasteiger partial charge in [0, 0.05) is 23.6 Å². The van der Waals surface area contributed by atoms with Gasteiger partial charge in [-0.25, -0.2) is 0 Å². The zero-order chi connectivity index (χ0) is 13.4. The summed E-state index contributed by atoms with van der Waals surface area (Å²) in [7, 11) is 0. The number of fused-ring (bicyclic) bond motifs is 1. The summed E-state index contributed by atoms with van der Waals surface area (Å²) < 4.78 is 5.60. The minimum atomic E-state index is -0.000617. The van der Waals surface area contributed by atoms with Crippen molar-refractivity contribution in [3.05, 3.63) is 47.5 Å². The molecule has 1 atom stereocenters. The van der Waals surface area contributed by atoms with Gasteiger partial charge in [-0.15, -0.1) is 0 Å². The van der Waals surface area contributed by atoms with Crippen molar-refractivity contribution in [2.75, 3.05) is 6.61 Å². The Morgan fingerprint density at radius 2 is 1.68 bits per heavy atom. The van der Waals surface area contributed by atoms with Crippen LogP contribution in [0.25, 0.3) is 0 Å². The second-order valence-corrected chi connectivity index (χ2v) is 4.75. The first-order valence-electron chi connectivity index (χ1n) is 6.10. The number of benzene rings is 2. The predicted molar refractivity (Wildman–Crippen MR) is 69.8 cm³/mol. The minimum Gasteiger partial charge on any atom is -0.508 e. The summed E-state index contributed by atoms with van der Waals surface area (Å²) in [6.07, 6.45) is 0.645. The molecule has 4 heteroatoms. The van der Waals surface area contributed by atoms with E-state index in [9.17, 15) is 15.3 Å². The number of phenolic OH excluding ortho intramolecular Hbond substituents is 3. The van der Waals surface area contributed by atoms with Crippen molar-refractivity contribution in [2.45, 2.75) is 12.3 Å². The fourth-order valence-electron chi connectivity index (χ4n) is 2.41. The Balaban J connectivity index is 1.92. The first kappa shape index (κ1) is 11.7. The van der Waals surface area contributed by atoms with Crippen molar-refractivity contribution in [3.8, 4) is 23.0 Å². The number of ether oxygens (including phenoxy) is 1. The van der Waals surface area contributed by atoms with Gasteiger partial charge in [0.1, 0.15) is 23.0 Å². The summed E-state index contributed by atoms with van der Waals surface area (Å²) in [6.45, 7) is 0.487. The Bertz CT molecular complexity index is 604. The van der Waals surface area contributed by atoms with Gasteiger partial charge in [-0.3, -0.25) is 0 Å². The largest absolute Gasteiger partial charge is 0.508 e. The van der Waals surface area contributed by atoms with Crippen LogP contribution in [0.3, 0.4) is 0 Å². The van der Waals surface area contributed by atoms with Crippen LogP contribution < -0.4 is 4.74 Å². The summed E-state index contributed by atoms with van der Waals surface area (Å²) in [4.78, 5) is 0. The van der Waals surface area contributed by atoms with Crippen molar-refractivity contribution in [1.29, 1.82) is 0 Å². The van der Waals surface area contributed by atoms with Crippen molar-refractivity contribution >= 4 is 0 Å². The fraction of sp³-hybridized carbons (Fsp3) is 0.200. The quantitative estimate of drug-likeness (QED) is 0.735. The highest BCUT2D eigenvalue weighted by Gasteiger charge is 2.24. The van der Waals surface area contributed by atoms with Crippen molar-refractivity contribution < 1.29 is 20.1 Å². The number of hydrogen-bond acceptors (Lipinski definition) is 4. The zero-order valence-corrected chi connectivity index (χ0v) is 10.2. The maximum absolute atomic E-state index is 9.87. The van der Waals surface area contributed by atoms with Crippen LogP contribution in [0.4, 0.5) is 0 Å². The van der Waals surface area contributed by atoms with E-state index in [1.165, 1.54) is 12.1 Å². The van der Waals surface area contributed by atoms with E-state index in [-0.39, 0.29) is 23.2 Å². The normalized spacial score (nSPS) is 17.6. The molecule has 1 aliphatic rings. The molecule has 1 aliphatic heterocycles. The Labute approximate surface area is 110 Å². The number of rotatable bonds is 1. The van der Waals surface area contributed by atoms with Gasteiger partial charge in [0.25, 0.3) is 0 Å². The number of aromatic hydroxyl groups is 3. The van der Waals surface area contributed by atoms with E-state index in [0.29, 0.717) is 24.3 Å². The summed E-state index contributed by atoms with van der Waals surface area (Å²) >= 11 is 0. The van der Waals surface area contributed by atoms with Crippen LogP contribution in [-0.2, 0) is 6.42 Å². The monoisotopic (exact) mass is 258 g/mol. The summed E-state index contributed by atoms with van der Waals surface area (Å²) in [5.74, 6) is 0.947. The highest BCUT2D eigenvalue weighted by atomic mass is 16.5. The van der Waals surface area contributed by atoms with Crippen molar-refractivity contribution in [2.24, 2.45) is 0 Å². The molecule has 0 aliphatic carbocycles. The van der Waals surface area contributed by atoms with Gasteiger partial charge in [-0.1, -0.05) is 12.1 Å². The van der Waals surface area contributed by atoms with E-state index in [1.54, 1.807) is 12.1 Å². The molecule has 98 valence electrons. The second kappa shape index (κ2) is 4.39. The number of phenols is 3. The molecule has 0 amide bonds. The molecule has 4 nitrogen and oxygen atoms in total. The van der Waals surface area contributed by atoms with E-state index in [2.05, 4.69) is 0 Å². The minimum absolute atomic E-state index is 0.000617. The molecule has 0 aromatic heterocycles. The van der Waals surface area contributed by atoms with Gasteiger partial charge < -0.3 is 20.1 Å². The fourth-order valence-corrected chi connectivity index (χ4v) is 2.41. The van der Waals surface area contributed by atoms with Gasteiger partial charge in [-0.2, -0.15) is 0 Å². The number of hydrogen-bond donors (Lipinski definition) is 3. The molecular weight excluding hydrogens is 244 g/mol. The Hall–Kier alpha value is -2.36. The van der Waals surface area contributed by atoms with Crippen LogP contribution in [0.2, 0.25) is 0 Å². The molecule has 3 N–H and O–H groups in total. The molecule has 1 heterocycles. The van der Waals surface area contributed by atoms with E-state index in [0.717, 1.165) is 5.56 Å². The van der Waals surface area contributed by atoms with Gasteiger partial charge in [0.05, 0.1) is 6.61 Å². The second-order valence-electron chi connectivity index (χ2n) is 4.75. The molecule has 3 rings (SSSR count). The molecule has 0 fully saturated rings. The third kappa shape index (κ3) is 2.17. The molecule has 0 saturated carbocycles. The third-order valence-corrected chi connectivity index (χ3v) is 3.43. The maximum atomic E-state index is 9.87. The Morgan fingerprint density at radius 1 is 0.947 bits per heavy atom. The van der Waals surface area contributed by atoms with E-state index >= 15 is 0 Å². The van der Waals surface area contributed by atoms with Crippen LogP contribution in [0.1, 0.15) is 17.0 Å². The summed E-state index contributed by atoms with van der Waals surface area (Å²) in [5.41, 5.74) is 1.76. The Morgan fingerprint density at radius 3 is 2.42 bits per heavy atom. The van der Waals surface area contributed by atoms with Gasteiger partial charge in [-0.05, 0) is 24.1 Å². The summed E-state index contributed by atoms with van der Waals surface area (Å²) in [5, 5.41) is 28.6. The predicted octanol–water partition coefficient (Wildman–Crippen LogP) is 2.52.